The molecule has 0 radical (unpaired) electrons. The molecule has 2 nitrogen and oxygen atoms in total. The summed E-state index contributed by atoms with van der Waals surface area (Å²) in [5, 5.41) is 0. The highest BCUT2D eigenvalue weighted by atomic mass is 15.2. The number of nitrogens with two attached hydrogens (primary N) is 1. The van der Waals surface area contributed by atoms with Crippen molar-refractivity contribution < 1.29 is 0 Å². The van der Waals surface area contributed by atoms with Crippen LogP contribution in [0.4, 0.5) is 0 Å². The standard InChI is InChI=1S/C11H24N2/c1-5-11(2,3)13(4)10-7-6-9(10)8-12/h9-10H,5-8,12H2,1-4H3. The Morgan fingerprint density at radius 1 is 1.38 bits per heavy atom. The second kappa shape index (κ2) is 3.97. The van der Waals surface area contributed by atoms with Crippen molar-refractivity contribution in [3.8, 4) is 0 Å². The van der Waals surface area contributed by atoms with Gasteiger partial charge in [0.05, 0.1) is 0 Å². The maximum atomic E-state index is 5.72. The molecule has 0 aromatic rings. The molecule has 1 rings (SSSR count). The Bertz CT molecular complexity index is 163. The zero-order chi connectivity index (χ0) is 10.1. The molecular formula is C11H24N2. The third kappa shape index (κ3) is 2.05. The molecule has 0 heterocycles. The maximum absolute atomic E-state index is 5.72. The summed E-state index contributed by atoms with van der Waals surface area (Å²) < 4.78 is 0. The quantitative estimate of drug-likeness (QED) is 0.722. The van der Waals surface area contributed by atoms with E-state index in [9.17, 15) is 0 Å². The second-order valence-corrected chi connectivity index (χ2v) is 4.92. The van der Waals surface area contributed by atoms with Crippen LogP contribution in [-0.4, -0.2) is 30.1 Å². The fourth-order valence-corrected chi connectivity index (χ4v) is 2.03. The summed E-state index contributed by atoms with van der Waals surface area (Å²) in [5.74, 6) is 0.746. The summed E-state index contributed by atoms with van der Waals surface area (Å²) >= 11 is 0. The molecule has 0 aromatic carbocycles. The minimum Gasteiger partial charge on any atom is -0.330 e. The molecule has 2 heteroatoms. The van der Waals surface area contributed by atoms with E-state index >= 15 is 0 Å². The first-order valence-corrected chi connectivity index (χ1v) is 5.46. The molecule has 2 N–H and O–H groups in total. The third-order valence-electron chi connectivity index (χ3n) is 4.00. The molecule has 1 saturated carbocycles. The minimum absolute atomic E-state index is 0.332. The van der Waals surface area contributed by atoms with E-state index in [2.05, 4.69) is 32.7 Å². The van der Waals surface area contributed by atoms with Gasteiger partial charge in [0.25, 0.3) is 0 Å². The Morgan fingerprint density at radius 3 is 2.31 bits per heavy atom. The van der Waals surface area contributed by atoms with E-state index < -0.39 is 0 Å². The third-order valence-corrected chi connectivity index (χ3v) is 4.00. The SMILES string of the molecule is CCC(C)(C)N(C)C1CCC1CN. The van der Waals surface area contributed by atoms with Gasteiger partial charge < -0.3 is 5.73 Å². The van der Waals surface area contributed by atoms with Gasteiger partial charge in [-0.2, -0.15) is 0 Å². The van der Waals surface area contributed by atoms with Crippen molar-refractivity contribution in [2.45, 2.75) is 51.6 Å². The monoisotopic (exact) mass is 184 g/mol. The lowest BCUT2D eigenvalue weighted by molar-refractivity contribution is 0.0122. The zero-order valence-electron chi connectivity index (χ0n) is 9.51. The van der Waals surface area contributed by atoms with Crippen molar-refractivity contribution in [1.29, 1.82) is 0 Å². The van der Waals surface area contributed by atoms with Crippen molar-refractivity contribution in [3.63, 3.8) is 0 Å². The van der Waals surface area contributed by atoms with Crippen molar-refractivity contribution in [3.05, 3.63) is 0 Å². The summed E-state index contributed by atoms with van der Waals surface area (Å²) in [4.78, 5) is 2.52. The van der Waals surface area contributed by atoms with E-state index in [-0.39, 0.29) is 0 Å². The van der Waals surface area contributed by atoms with Gasteiger partial charge in [0, 0.05) is 11.6 Å². The first kappa shape index (κ1) is 11.0. The lowest BCUT2D eigenvalue weighted by atomic mass is 9.77. The lowest BCUT2D eigenvalue weighted by Crippen LogP contribution is -2.55. The molecule has 1 fully saturated rings. The van der Waals surface area contributed by atoms with E-state index in [1.165, 1.54) is 19.3 Å². The van der Waals surface area contributed by atoms with Gasteiger partial charge in [0.2, 0.25) is 0 Å². The molecule has 0 saturated heterocycles. The van der Waals surface area contributed by atoms with E-state index in [0.29, 0.717) is 5.54 Å². The Balaban J connectivity index is 2.52. The summed E-state index contributed by atoms with van der Waals surface area (Å²) in [7, 11) is 2.25. The maximum Gasteiger partial charge on any atom is 0.0150 e. The highest BCUT2D eigenvalue weighted by molar-refractivity contribution is 4.93. The van der Waals surface area contributed by atoms with Crippen LogP contribution in [0.15, 0.2) is 0 Å². The Morgan fingerprint density at radius 2 is 2.00 bits per heavy atom. The summed E-state index contributed by atoms with van der Waals surface area (Å²) in [6.07, 6.45) is 3.87. The van der Waals surface area contributed by atoms with Gasteiger partial charge in [0.1, 0.15) is 0 Å². The predicted molar refractivity (Wildman–Crippen MR) is 57.7 cm³/mol. The van der Waals surface area contributed by atoms with E-state index in [4.69, 9.17) is 5.73 Å². The number of rotatable bonds is 4. The van der Waals surface area contributed by atoms with Crippen LogP contribution >= 0.6 is 0 Å². The Labute approximate surface area is 82.5 Å². The molecule has 78 valence electrons. The zero-order valence-corrected chi connectivity index (χ0v) is 9.51. The summed E-state index contributed by atoms with van der Waals surface area (Å²) in [5.41, 5.74) is 6.05. The van der Waals surface area contributed by atoms with Gasteiger partial charge in [-0.05, 0) is 52.6 Å². The molecule has 1 aliphatic carbocycles. The number of hydrogen-bond acceptors (Lipinski definition) is 2. The van der Waals surface area contributed by atoms with Crippen LogP contribution in [0.1, 0.15) is 40.0 Å². The molecule has 0 amide bonds. The average Bonchev–Trinajstić information content (AvgIpc) is 2.03. The predicted octanol–water partition coefficient (Wildman–Crippen LogP) is 1.84. The highest BCUT2D eigenvalue weighted by Crippen LogP contribution is 2.35. The molecule has 1 aliphatic rings. The molecule has 0 spiro atoms. The first-order chi connectivity index (χ1) is 6.03. The fourth-order valence-electron chi connectivity index (χ4n) is 2.03. The molecule has 0 bridgehead atoms. The molecular weight excluding hydrogens is 160 g/mol. The van der Waals surface area contributed by atoms with Crippen LogP contribution in [0.25, 0.3) is 0 Å². The lowest BCUT2D eigenvalue weighted by Gasteiger charge is -2.49. The summed E-state index contributed by atoms with van der Waals surface area (Å²) in [6, 6.07) is 0.736. The smallest absolute Gasteiger partial charge is 0.0150 e. The average molecular weight is 184 g/mol. The normalized spacial score (nSPS) is 29.1. The molecule has 13 heavy (non-hydrogen) atoms. The van der Waals surface area contributed by atoms with Gasteiger partial charge in [-0.1, -0.05) is 6.92 Å². The minimum atomic E-state index is 0.332. The summed E-state index contributed by atoms with van der Waals surface area (Å²) in [6.45, 7) is 7.75. The number of nitrogens with zero attached hydrogens (tertiary/aromatic N) is 1. The van der Waals surface area contributed by atoms with Gasteiger partial charge in [-0.3, -0.25) is 4.90 Å². The highest BCUT2D eigenvalue weighted by Gasteiger charge is 2.37. The molecule has 2 atom stereocenters. The van der Waals surface area contributed by atoms with Crippen LogP contribution in [0.5, 0.6) is 0 Å². The van der Waals surface area contributed by atoms with Crippen molar-refractivity contribution in [2.75, 3.05) is 13.6 Å². The van der Waals surface area contributed by atoms with Crippen LogP contribution in [0.3, 0.4) is 0 Å². The van der Waals surface area contributed by atoms with Crippen molar-refractivity contribution in [1.82, 2.24) is 4.90 Å². The molecule has 2 unspecified atom stereocenters. The Hall–Kier alpha value is -0.0800. The van der Waals surface area contributed by atoms with Gasteiger partial charge >= 0.3 is 0 Å². The van der Waals surface area contributed by atoms with E-state index in [1.54, 1.807) is 0 Å². The first-order valence-electron chi connectivity index (χ1n) is 5.46. The van der Waals surface area contributed by atoms with E-state index in [0.717, 1.165) is 18.5 Å². The van der Waals surface area contributed by atoms with Crippen molar-refractivity contribution in [2.24, 2.45) is 11.7 Å². The van der Waals surface area contributed by atoms with Crippen LogP contribution in [-0.2, 0) is 0 Å². The molecule has 0 aliphatic heterocycles. The van der Waals surface area contributed by atoms with Gasteiger partial charge in [-0.25, -0.2) is 0 Å². The topological polar surface area (TPSA) is 29.3 Å². The van der Waals surface area contributed by atoms with Crippen LogP contribution < -0.4 is 5.73 Å². The van der Waals surface area contributed by atoms with E-state index in [1.807, 2.05) is 0 Å². The van der Waals surface area contributed by atoms with Crippen LogP contribution in [0.2, 0.25) is 0 Å². The van der Waals surface area contributed by atoms with Gasteiger partial charge in [0.15, 0.2) is 0 Å². The largest absolute Gasteiger partial charge is 0.330 e. The van der Waals surface area contributed by atoms with Crippen molar-refractivity contribution >= 4 is 0 Å². The second-order valence-electron chi connectivity index (χ2n) is 4.92. The Kier molecular flexibility index (Phi) is 3.36. The van der Waals surface area contributed by atoms with Crippen LogP contribution in [0, 0.1) is 5.92 Å². The molecule has 0 aromatic heterocycles. The number of hydrogen-bond donors (Lipinski definition) is 1. The van der Waals surface area contributed by atoms with Gasteiger partial charge in [-0.15, -0.1) is 0 Å². The fraction of sp³-hybridized carbons (Fsp3) is 1.00.